The van der Waals surface area contributed by atoms with Crippen molar-refractivity contribution >= 4 is 17.3 Å². The van der Waals surface area contributed by atoms with Gasteiger partial charge in [0.1, 0.15) is 0 Å². The summed E-state index contributed by atoms with van der Waals surface area (Å²) in [7, 11) is 0. The summed E-state index contributed by atoms with van der Waals surface area (Å²) in [6, 6.07) is 5.71. The number of carbonyl (C=O) groups is 1. The number of amides is 1. The molecule has 5 nitrogen and oxygen atoms in total. The number of benzene rings is 1. The fourth-order valence-electron chi connectivity index (χ4n) is 2.63. The van der Waals surface area contributed by atoms with Gasteiger partial charge < -0.3 is 20.1 Å². The van der Waals surface area contributed by atoms with E-state index >= 15 is 0 Å². The number of carbonyl (C=O) groups excluding carboxylic acids is 1. The molecule has 0 bridgehead atoms. The second-order valence-corrected chi connectivity index (χ2v) is 5.01. The third-order valence-corrected chi connectivity index (χ3v) is 3.80. The Balaban J connectivity index is 1.83. The summed E-state index contributed by atoms with van der Waals surface area (Å²) < 4.78 is 5.65. The van der Waals surface area contributed by atoms with E-state index in [1.54, 1.807) is 0 Å². The Bertz CT molecular complexity index is 503. The molecule has 1 saturated heterocycles. The maximum Gasteiger partial charge on any atom is 0.257 e. The molecule has 2 aliphatic heterocycles. The lowest BCUT2D eigenvalue weighted by Gasteiger charge is -2.34. The molecule has 3 rings (SSSR count). The molecule has 1 aromatic rings. The van der Waals surface area contributed by atoms with Crippen LogP contribution in [0.25, 0.3) is 0 Å². The zero-order chi connectivity index (χ0) is 13.4. The minimum absolute atomic E-state index is 0.266. The molecule has 102 valence electrons. The van der Waals surface area contributed by atoms with Crippen LogP contribution in [0, 0.1) is 0 Å². The standard InChI is InChI=1S/C14H18N2O3/c1-2-10-8-16(5-6-19-10)9-3-4-11-12(7-9)15-14(18)13(11)17/h3-4,7,10,13,17H,2,5-6,8H2,1H3,(H,15,18). The highest BCUT2D eigenvalue weighted by Crippen LogP contribution is 2.34. The lowest BCUT2D eigenvalue weighted by Crippen LogP contribution is -2.42. The molecule has 0 aromatic heterocycles. The monoisotopic (exact) mass is 262 g/mol. The number of fused-ring (bicyclic) bond motifs is 1. The Labute approximate surface area is 112 Å². The third kappa shape index (κ3) is 2.19. The Morgan fingerprint density at radius 3 is 3.16 bits per heavy atom. The van der Waals surface area contributed by atoms with Gasteiger partial charge in [-0.15, -0.1) is 0 Å². The van der Waals surface area contributed by atoms with Crippen molar-refractivity contribution in [3.8, 4) is 0 Å². The second kappa shape index (κ2) is 4.83. The molecule has 0 radical (unpaired) electrons. The molecule has 2 heterocycles. The minimum Gasteiger partial charge on any atom is -0.378 e. The second-order valence-electron chi connectivity index (χ2n) is 5.01. The Hall–Kier alpha value is -1.59. The van der Waals surface area contributed by atoms with Gasteiger partial charge in [-0.25, -0.2) is 0 Å². The number of aliphatic hydroxyl groups excluding tert-OH is 1. The molecule has 5 heteroatoms. The molecule has 2 aliphatic rings. The van der Waals surface area contributed by atoms with Crippen LogP contribution in [0.1, 0.15) is 25.0 Å². The van der Waals surface area contributed by atoms with Crippen molar-refractivity contribution in [3.05, 3.63) is 23.8 Å². The lowest BCUT2D eigenvalue weighted by molar-refractivity contribution is -0.123. The molecular formula is C14H18N2O3. The van der Waals surface area contributed by atoms with Crippen LogP contribution in [-0.2, 0) is 9.53 Å². The highest BCUT2D eigenvalue weighted by molar-refractivity contribution is 6.02. The summed E-state index contributed by atoms with van der Waals surface area (Å²) in [6.07, 6.45) is 0.232. The Morgan fingerprint density at radius 1 is 1.53 bits per heavy atom. The van der Waals surface area contributed by atoms with E-state index in [0.717, 1.165) is 37.5 Å². The number of hydrogen-bond donors (Lipinski definition) is 2. The summed E-state index contributed by atoms with van der Waals surface area (Å²) in [5.41, 5.74) is 2.44. The van der Waals surface area contributed by atoms with Crippen LogP contribution in [0.5, 0.6) is 0 Å². The quantitative estimate of drug-likeness (QED) is 0.843. The minimum atomic E-state index is -1.03. The summed E-state index contributed by atoms with van der Waals surface area (Å²) in [4.78, 5) is 13.7. The maximum atomic E-state index is 11.4. The number of morpholine rings is 1. The van der Waals surface area contributed by atoms with Gasteiger partial charge in [-0.05, 0) is 18.6 Å². The lowest BCUT2D eigenvalue weighted by atomic mass is 10.1. The number of hydrogen-bond acceptors (Lipinski definition) is 4. The highest BCUT2D eigenvalue weighted by atomic mass is 16.5. The maximum absolute atomic E-state index is 11.4. The van der Waals surface area contributed by atoms with Crippen LogP contribution in [0.2, 0.25) is 0 Å². The van der Waals surface area contributed by atoms with Crippen molar-refractivity contribution in [1.82, 2.24) is 0 Å². The zero-order valence-corrected chi connectivity index (χ0v) is 10.9. The van der Waals surface area contributed by atoms with E-state index in [0.29, 0.717) is 5.56 Å². The van der Waals surface area contributed by atoms with Crippen molar-refractivity contribution in [2.24, 2.45) is 0 Å². The van der Waals surface area contributed by atoms with Crippen LogP contribution < -0.4 is 10.2 Å². The molecule has 2 N–H and O–H groups in total. The number of nitrogens with zero attached hydrogens (tertiary/aromatic N) is 1. The summed E-state index contributed by atoms with van der Waals surface area (Å²) in [5.74, 6) is -0.347. The summed E-state index contributed by atoms with van der Waals surface area (Å²) in [5, 5.41) is 12.4. The molecule has 0 saturated carbocycles. The number of rotatable bonds is 2. The first kappa shape index (κ1) is 12.4. The van der Waals surface area contributed by atoms with Gasteiger partial charge in [0.05, 0.1) is 12.7 Å². The normalized spacial score (nSPS) is 26.2. The molecule has 1 fully saturated rings. The molecular weight excluding hydrogens is 244 g/mol. The van der Waals surface area contributed by atoms with E-state index in [1.165, 1.54) is 0 Å². The molecule has 2 unspecified atom stereocenters. The van der Waals surface area contributed by atoms with Gasteiger partial charge in [0, 0.05) is 30.0 Å². The largest absolute Gasteiger partial charge is 0.378 e. The average molecular weight is 262 g/mol. The zero-order valence-electron chi connectivity index (χ0n) is 10.9. The number of nitrogens with one attached hydrogen (secondary N) is 1. The van der Waals surface area contributed by atoms with E-state index < -0.39 is 6.10 Å². The van der Waals surface area contributed by atoms with Gasteiger partial charge in [0.25, 0.3) is 5.91 Å². The Morgan fingerprint density at radius 2 is 2.37 bits per heavy atom. The number of aliphatic hydroxyl groups is 1. The SMILES string of the molecule is CCC1CN(c2ccc3c(c2)NC(=O)C3O)CCO1. The first-order valence-corrected chi connectivity index (χ1v) is 6.68. The molecule has 0 aliphatic carbocycles. The predicted octanol–water partition coefficient (Wildman–Crippen LogP) is 1.29. The van der Waals surface area contributed by atoms with Crippen molar-refractivity contribution in [2.75, 3.05) is 29.9 Å². The third-order valence-electron chi connectivity index (χ3n) is 3.80. The number of anilines is 2. The topological polar surface area (TPSA) is 61.8 Å². The Kier molecular flexibility index (Phi) is 3.16. The van der Waals surface area contributed by atoms with Gasteiger partial charge in [-0.1, -0.05) is 13.0 Å². The van der Waals surface area contributed by atoms with E-state index in [-0.39, 0.29) is 12.0 Å². The molecule has 1 aromatic carbocycles. The van der Waals surface area contributed by atoms with Crippen LogP contribution in [0.15, 0.2) is 18.2 Å². The van der Waals surface area contributed by atoms with Gasteiger partial charge in [-0.3, -0.25) is 4.79 Å². The summed E-state index contributed by atoms with van der Waals surface area (Å²) in [6.45, 7) is 4.57. The van der Waals surface area contributed by atoms with Gasteiger partial charge in [0.15, 0.2) is 6.10 Å². The van der Waals surface area contributed by atoms with Crippen LogP contribution >= 0.6 is 0 Å². The predicted molar refractivity (Wildman–Crippen MR) is 72.3 cm³/mol. The van der Waals surface area contributed by atoms with Gasteiger partial charge in [0.2, 0.25) is 0 Å². The van der Waals surface area contributed by atoms with E-state index in [2.05, 4.69) is 17.1 Å². The first-order valence-electron chi connectivity index (χ1n) is 6.68. The molecule has 2 atom stereocenters. The molecule has 1 amide bonds. The van der Waals surface area contributed by atoms with Crippen molar-refractivity contribution in [3.63, 3.8) is 0 Å². The van der Waals surface area contributed by atoms with Crippen molar-refractivity contribution in [2.45, 2.75) is 25.6 Å². The van der Waals surface area contributed by atoms with E-state index in [4.69, 9.17) is 4.74 Å². The highest BCUT2D eigenvalue weighted by Gasteiger charge is 2.29. The van der Waals surface area contributed by atoms with Crippen LogP contribution in [0.4, 0.5) is 11.4 Å². The number of ether oxygens (including phenoxy) is 1. The summed E-state index contributed by atoms with van der Waals surface area (Å²) >= 11 is 0. The fourth-order valence-corrected chi connectivity index (χ4v) is 2.63. The van der Waals surface area contributed by atoms with Crippen molar-refractivity contribution in [1.29, 1.82) is 0 Å². The smallest absolute Gasteiger partial charge is 0.257 e. The van der Waals surface area contributed by atoms with E-state index in [1.807, 2.05) is 18.2 Å². The van der Waals surface area contributed by atoms with Gasteiger partial charge >= 0.3 is 0 Å². The molecule has 0 spiro atoms. The fraction of sp³-hybridized carbons (Fsp3) is 0.500. The first-order chi connectivity index (χ1) is 9.19. The van der Waals surface area contributed by atoms with Crippen molar-refractivity contribution < 1.29 is 14.6 Å². The van der Waals surface area contributed by atoms with Gasteiger partial charge in [-0.2, -0.15) is 0 Å². The van der Waals surface area contributed by atoms with Crippen LogP contribution in [-0.4, -0.2) is 36.8 Å². The average Bonchev–Trinajstić information content (AvgIpc) is 2.73. The van der Waals surface area contributed by atoms with Crippen LogP contribution in [0.3, 0.4) is 0 Å². The van der Waals surface area contributed by atoms with E-state index in [9.17, 15) is 9.90 Å². The molecule has 19 heavy (non-hydrogen) atoms.